The van der Waals surface area contributed by atoms with Gasteiger partial charge in [0.25, 0.3) is 0 Å². The number of halogens is 2. The van der Waals surface area contributed by atoms with E-state index in [0.717, 1.165) is 30.6 Å². The van der Waals surface area contributed by atoms with Crippen LogP contribution in [-0.4, -0.2) is 29.9 Å². The Kier molecular flexibility index (Phi) is 5.30. The van der Waals surface area contributed by atoms with Crippen LogP contribution in [0.4, 0.5) is 0 Å². The molecule has 0 spiro atoms. The first kappa shape index (κ1) is 18.9. The maximum absolute atomic E-state index is 13.5. The van der Waals surface area contributed by atoms with E-state index < -0.39 is 5.54 Å². The molecule has 1 saturated heterocycles. The summed E-state index contributed by atoms with van der Waals surface area (Å²) in [5.74, 6) is 0.150. The van der Waals surface area contributed by atoms with E-state index in [-0.39, 0.29) is 11.9 Å². The van der Waals surface area contributed by atoms with Crippen molar-refractivity contribution in [2.24, 2.45) is 0 Å². The highest BCUT2D eigenvalue weighted by atomic mass is 35.5. The minimum Gasteiger partial charge on any atom is -0.297 e. The van der Waals surface area contributed by atoms with Gasteiger partial charge in [0, 0.05) is 12.8 Å². The van der Waals surface area contributed by atoms with Crippen molar-refractivity contribution in [1.82, 2.24) is 10.2 Å². The van der Waals surface area contributed by atoms with E-state index in [0.29, 0.717) is 16.5 Å². The number of nitrogens with zero attached hydrogens (tertiary/aromatic N) is 1. The molecule has 0 saturated carbocycles. The fourth-order valence-electron chi connectivity index (χ4n) is 4.37. The number of ketones is 1. The van der Waals surface area contributed by atoms with Crippen molar-refractivity contribution in [1.29, 1.82) is 0 Å². The highest BCUT2D eigenvalue weighted by Gasteiger charge is 2.43. The molecule has 0 unspecified atom stereocenters. The van der Waals surface area contributed by atoms with Gasteiger partial charge in [0.1, 0.15) is 5.54 Å². The van der Waals surface area contributed by atoms with Crippen molar-refractivity contribution in [2.45, 2.75) is 44.3 Å². The highest BCUT2D eigenvalue weighted by molar-refractivity contribution is 6.42. The molecule has 142 valence electrons. The molecular formula is C22H24Cl2N2O. The summed E-state index contributed by atoms with van der Waals surface area (Å²) in [4.78, 5) is 15.9. The van der Waals surface area contributed by atoms with Gasteiger partial charge in [0.2, 0.25) is 0 Å². The standard InChI is InChI=1S/C22H24Cl2N2O/c1-22(20(27)13-15-8-9-18(23)19(24)12-15)17-7-3-2-6-16(17)14-21(25-22)26-10-4-5-11-26/h2-3,6-9,12,21,25H,4-5,10-11,13-14H2,1H3/t21-,22+/m0/s1. The molecule has 27 heavy (non-hydrogen) atoms. The van der Waals surface area contributed by atoms with E-state index in [2.05, 4.69) is 28.4 Å². The van der Waals surface area contributed by atoms with Gasteiger partial charge in [-0.2, -0.15) is 0 Å². The second-order valence-corrected chi connectivity index (χ2v) is 8.55. The minimum atomic E-state index is -0.714. The van der Waals surface area contributed by atoms with Gasteiger partial charge >= 0.3 is 0 Å². The lowest BCUT2D eigenvalue weighted by Gasteiger charge is -2.43. The first-order chi connectivity index (χ1) is 13.0. The molecule has 0 radical (unpaired) electrons. The number of rotatable bonds is 4. The topological polar surface area (TPSA) is 32.3 Å². The molecule has 2 heterocycles. The number of carbonyl (C=O) groups is 1. The Balaban J connectivity index is 1.65. The van der Waals surface area contributed by atoms with Crippen LogP contribution in [0.1, 0.15) is 36.5 Å². The van der Waals surface area contributed by atoms with Crippen LogP contribution in [-0.2, 0) is 23.2 Å². The lowest BCUT2D eigenvalue weighted by atomic mass is 9.78. The monoisotopic (exact) mass is 402 g/mol. The van der Waals surface area contributed by atoms with E-state index in [9.17, 15) is 4.79 Å². The van der Waals surface area contributed by atoms with Gasteiger partial charge in [0.05, 0.1) is 16.2 Å². The Bertz CT molecular complexity index is 863. The summed E-state index contributed by atoms with van der Waals surface area (Å²) >= 11 is 12.2. The maximum atomic E-state index is 13.5. The Morgan fingerprint density at radius 2 is 1.89 bits per heavy atom. The number of benzene rings is 2. The second-order valence-electron chi connectivity index (χ2n) is 7.74. The number of likely N-dealkylation sites (tertiary alicyclic amines) is 1. The molecule has 1 fully saturated rings. The molecular weight excluding hydrogens is 379 g/mol. The first-order valence-corrected chi connectivity index (χ1v) is 10.3. The van der Waals surface area contributed by atoms with Crippen LogP contribution < -0.4 is 5.32 Å². The number of fused-ring (bicyclic) bond motifs is 1. The summed E-state index contributed by atoms with van der Waals surface area (Å²) in [5.41, 5.74) is 2.52. The van der Waals surface area contributed by atoms with Gasteiger partial charge in [0.15, 0.2) is 5.78 Å². The van der Waals surface area contributed by atoms with E-state index in [1.54, 1.807) is 12.1 Å². The van der Waals surface area contributed by atoms with E-state index in [1.807, 2.05) is 19.1 Å². The SMILES string of the molecule is C[C@@]1(C(=O)Cc2ccc(Cl)c(Cl)c2)N[C@@H](N2CCCC2)Cc2ccccc21. The number of hydrogen-bond acceptors (Lipinski definition) is 3. The summed E-state index contributed by atoms with van der Waals surface area (Å²) in [5, 5.41) is 4.69. The van der Waals surface area contributed by atoms with Gasteiger partial charge in [-0.25, -0.2) is 0 Å². The smallest absolute Gasteiger partial charge is 0.161 e. The molecule has 3 nitrogen and oxygen atoms in total. The Morgan fingerprint density at radius 3 is 2.63 bits per heavy atom. The van der Waals surface area contributed by atoms with Crippen LogP contribution in [0.25, 0.3) is 0 Å². The van der Waals surface area contributed by atoms with E-state index >= 15 is 0 Å². The molecule has 1 N–H and O–H groups in total. The predicted octanol–water partition coefficient (Wildman–Crippen LogP) is 4.59. The molecule has 2 atom stereocenters. The average Bonchev–Trinajstić information content (AvgIpc) is 3.19. The number of Topliss-reactive ketones (excluding diaryl/α,β-unsaturated/α-hetero) is 1. The van der Waals surface area contributed by atoms with Crippen LogP contribution in [0.3, 0.4) is 0 Å². The lowest BCUT2D eigenvalue weighted by Crippen LogP contribution is -2.60. The Hall–Kier alpha value is -1.39. The van der Waals surface area contributed by atoms with E-state index in [1.165, 1.54) is 18.4 Å². The zero-order valence-electron chi connectivity index (χ0n) is 15.5. The molecule has 2 aliphatic heterocycles. The molecule has 4 rings (SSSR count). The van der Waals surface area contributed by atoms with Gasteiger partial charge in [-0.05, 0) is 61.7 Å². The lowest BCUT2D eigenvalue weighted by molar-refractivity contribution is -0.126. The highest BCUT2D eigenvalue weighted by Crippen LogP contribution is 2.34. The largest absolute Gasteiger partial charge is 0.297 e. The molecule has 0 bridgehead atoms. The van der Waals surface area contributed by atoms with Gasteiger partial charge in [-0.3, -0.25) is 15.0 Å². The third-order valence-corrected chi connectivity index (χ3v) is 6.65. The quantitative estimate of drug-likeness (QED) is 0.811. The Morgan fingerprint density at radius 1 is 1.15 bits per heavy atom. The van der Waals surface area contributed by atoms with Crippen LogP contribution in [0.2, 0.25) is 10.0 Å². The summed E-state index contributed by atoms with van der Waals surface area (Å²) in [6.45, 7) is 4.21. The number of hydrogen-bond donors (Lipinski definition) is 1. The molecule has 2 aliphatic rings. The zero-order valence-corrected chi connectivity index (χ0v) is 17.0. The predicted molar refractivity (Wildman–Crippen MR) is 110 cm³/mol. The summed E-state index contributed by atoms with van der Waals surface area (Å²) in [7, 11) is 0. The van der Waals surface area contributed by atoms with Crippen molar-refractivity contribution in [3.8, 4) is 0 Å². The zero-order chi connectivity index (χ0) is 19.0. The molecule has 2 aromatic carbocycles. The molecule has 0 aliphatic carbocycles. The van der Waals surface area contributed by atoms with Crippen LogP contribution in [0, 0.1) is 0 Å². The summed E-state index contributed by atoms with van der Waals surface area (Å²) in [6, 6.07) is 13.7. The van der Waals surface area contributed by atoms with Gasteiger partial charge in [-0.15, -0.1) is 0 Å². The van der Waals surface area contributed by atoms with Crippen molar-refractivity contribution in [3.05, 3.63) is 69.2 Å². The fourth-order valence-corrected chi connectivity index (χ4v) is 4.69. The van der Waals surface area contributed by atoms with Crippen molar-refractivity contribution < 1.29 is 4.79 Å². The van der Waals surface area contributed by atoms with Crippen molar-refractivity contribution in [2.75, 3.05) is 13.1 Å². The summed E-state index contributed by atoms with van der Waals surface area (Å²) < 4.78 is 0. The van der Waals surface area contributed by atoms with Crippen LogP contribution >= 0.6 is 23.2 Å². The molecule has 0 amide bonds. The minimum absolute atomic E-state index is 0.150. The van der Waals surface area contributed by atoms with E-state index in [4.69, 9.17) is 23.2 Å². The molecule has 2 aromatic rings. The van der Waals surface area contributed by atoms with Crippen molar-refractivity contribution >= 4 is 29.0 Å². The average molecular weight is 403 g/mol. The van der Waals surface area contributed by atoms with Gasteiger partial charge < -0.3 is 0 Å². The van der Waals surface area contributed by atoms with Gasteiger partial charge in [-0.1, -0.05) is 53.5 Å². The molecule has 0 aromatic heterocycles. The third kappa shape index (κ3) is 3.66. The maximum Gasteiger partial charge on any atom is 0.161 e. The van der Waals surface area contributed by atoms with Crippen LogP contribution in [0.15, 0.2) is 42.5 Å². The van der Waals surface area contributed by atoms with Crippen LogP contribution in [0.5, 0.6) is 0 Å². The second kappa shape index (κ2) is 7.56. The fraction of sp³-hybridized carbons (Fsp3) is 0.409. The Labute approximate surface area is 170 Å². The molecule has 5 heteroatoms. The summed E-state index contributed by atoms with van der Waals surface area (Å²) in [6.07, 6.45) is 3.92. The van der Waals surface area contributed by atoms with Crippen molar-refractivity contribution in [3.63, 3.8) is 0 Å². The normalized spacial score (nSPS) is 25.4. The third-order valence-electron chi connectivity index (χ3n) is 5.91. The number of carbonyl (C=O) groups excluding carboxylic acids is 1. The first-order valence-electron chi connectivity index (χ1n) is 9.55. The number of nitrogens with one attached hydrogen (secondary N) is 1.